The molecule has 2 aromatic heterocycles. The average Bonchev–Trinajstić information content (AvgIpc) is 2.38. The van der Waals surface area contributed by atoms with E-state index in [1.54, 1.807) is 12.4 Å². The minimum Gasteiger partial charge on any atom is -0.398 e. The van der Waals surface area contributed by atoms with Crippen molar-refractivity contribution in [3.8, 4) is 0 Å². The molecule has 18 heavy (non-hydrogen) atoms. The number of aryl methyl sites for hydroxylation is 1. The summed E-state index contributed by atoms with van der Waals surface area (Å²) in [6, 6.07) is 3.87. The number of aromatic nitrogens is 2. The molecular weight excluding hydrogens is 224 g/mol. The molecule has 0 aliphatic carbocycles. The number of nitrogens with two attached hydrogens (primary N) is 1. The predicted molar refractivity (Wildman–Crippen MR) is 73.1 cm³/mol. The first-order valence-electron chi connectivity index (χ1n) is 6.07. The molecule has 0 saturated heterocycles. The van der Waals surface area contributed by atoms with E-state index in [4.69, 9.17) is 5.73 Å². The summed E-state index contributed by atoms with van der Waals surface area (Å²) in [6.45, 7) is 5.01. The second-order valence-electron chi connectivity index (χ2n) is 4.23. The molecule has 0 radical (unpaired) electrons. The van der Waals surface area contributed by atoms with Crippen molar-refractivity contribution in [3.63, 3.8) is 0 Å². The summed E-state index contributed by atoms with van der Waals surface area (Å²) in [5.41, 5.74) is 10.1. The number of nitrogen functional groups attached to an aromatic ring is 1. The van der Waals surface area contributed by atoms with Crippen molar-refractivity contribution < 1.29 is 0 Å². The lowest BCUT2D eigenvalue weighted by molar-refractivity contribution is 0.625. The van der Waals surface area contributed by atoms with Crippen LogP contribution in [0.3, 0.4) is 0 Å². The summed E-state index contributed by atoms with van der Waals surface area (Å²) < 4.78 is 0. The Morgan fingerprint density at radius 1 is 1.17 bits per heavy atom. The van der Waals surface area contributed by atoms with E-state index in [1.807, 2.05) is 24.5 Å². The molecule has 2 aromatic rings. The maximum Gasteiger partial charge on any atom is 0.0630 e. The van der Waals surface area contributed by atoms with Gasteiger partial charge in [0.25, 0.3) is 0 Å². The fraction of sp³-hybridized carbons (Fsp3) is 0.286. The van der Waals surface area contributed by atoms with Crippen molar-refractivity contribution in [2.45, 2.75) is 19.9 Å². The van der Waals surface area contributed by atoms with Crippen molar-refractivity contribution in [2.24, 2.45) is 0 Å². The van der Waals surface area contributed by atoms with Crippen LogP contribution in [0.25, 0.3) is 0 Å². The van der Waals surface area contributed by atoms with Gasteiger partial charge in [0.1, 0.15) is 0 Å². The summed E-state index contributed by atoms with van der Waals surface area (Å²) >= 11 is 0. The van der Waals surface area contributed by atoms with Crippen LogP contribution < -0.4 is 11.1 Å². The Bertz CT molecular complexity index is 479. The van der Waals surface area contributed by atoms with Crippen LogP contribution in [0, 0.1) is 6.92 Å². The molecule has 0 amide bonds. The molecule has 4 nitrogen and oxygen atoms in total. The van der Waals surface area contributed by atoms with E-state index in [1.165, 1.54) is 5.56 Å². The summed E-state index contributed by atoms with van der Waals surface area (Å²) in [5, 5.41) is 3.44. The standard InChI is InChI=1S/C14H18N4/c1-3-18-14(11-8-16-6-4-10(11)2)12-9-17-7-5-13(12)15/h4-9,14,18H,3H2,1-2H3,(H2,15,17). The zero-order valence-electron chi connectivity index (χ0n) is 10.7. The second-order valence-corrected chi connectivity index (χ2v) is 4.23. The van der Waals surface area contributed by atoms with Crippen LogP contribution in [-0.4, -0.2) is 16.5 Å². The molecule has 0 aromatic carbocycles. The van der Waals surface area contributed by atoms with E-state index in [2.05, 4.69) is 29.1 Å². The van der Waals surface area contributed by atoms with Gasteiger partial charge in [-0.05, 0) is 36.7 Å². The first-order valence-corrected chi connectivity index (χ1v) is 6.07. The van der Waals surface area contributed by atoms with Gasteiger partial charge >= 0.3 is 0 Å². The van der Waals surface area contributed by atoms with Crippen molar-refractivity contribution >= 4 is 5.69 Å². The fourth-order valence-corrected chi connectivity index (χ4v) is 2.03. The number of pyridine rings is 2. The Balaban J connectivity index is 2.47. The van der Waals surface area contributed by atoms with Gasteiger partial charge in [0.05, 0.1) is 6.04 Å². The molecule has 4 heteroatoms. The highest BCUT2D eigenvalue weighted by atomic mass is 14.9. The molecule has 0 saturated carbocycles. The summed E-state index contributed by atoms with van der Waals surface area (Å²) in [7, 11) is 0. The van der Waals surface area contributed by atoms with Crippen LogP contribution in [0.5, 0.6) is 0 Å². The van der Waals surface area contributed by atoms with Crippen LogP contribution in [0.2, 0.25) is 0 Å². The van der Waals surface area contributed by atoms with Gasteiger partial charge in [0, 0.05) is 36.0 Å². The third-order valence-electron chi connectivity index (χ3n) is 3.00. The lowest BCUT2D eigenvalue weighted by Crippen LogP contribution is -2.24. The maximum absolute atomic E-state index is 6.04. The molecule has 1 atom stereocenters. The van der Waals surface area contributed by atoms with Gasteiger partial charge in [-0.1, -0.05) is 6.92 Å². The van der Waals surface area contributed by atoms with Gasteiger partial charge in [-0.15, -0.1) is 0 Å². The van der Waals surface area contributed by atoms with Gasteiger partial charge in [-0.2, -0.15) is 0 Å². The first kappa shape index (κ1) is 12.5. The predicted octanol–water partition coefficient (Wildman–Crippen LogP) is 2.07. The van der Waals surface area contributed by atoms with Crippen LogP contribution in [0.1, 0.15) is 29.7 Å². The zero-order chi connectivity index (χ0) is 13.0. The minimum absolute atomic E-state index is 0.0393. The summed E-state index contributed by atoms with van der Waals surface area (Å²) in [6.07, 6.45) is 7.20. The molecule has 1 unspecified atom stereocenters. The topological polar surface area (TPSA) is 63.8 Å². The van der Waals surface area contributed by atoms with E-state index in [0.29, 0.717) is 0 Å². The Morgan fingerprint density at radius 3 is 2.44 bits per heavy atom. The molecule has 0 bridgehead atoms. The summed E-state index contributed by atoms with van der Waals surface area (Å²) in [4.78, 5) is 8.37. The van der Waals surface area contributed by atoms with Gasteiger partial charge < -0.3 is 11.1 Å². The quantitative estimate of drug-likeness (QED) is 0.861. The second kappa shape index (κ2) is 5.60. The monoisotopic (exact) mass is 242 g/mol. The molecule has 2 heterocycles. The molecule has 2 rings (SSSR count). The van der Waals surface area contributed by atoms with Crippen molar-refractivity contribution in [1.29, 1.82) is 0 Å². The Kier molecular flexibility index (Phi) is 3.89. The molecule has 0 fully saturated rings. The molecule has 0 aliphatic rings. The van der Waals surface area contributed by atoms with E-state index < -0.39 is 0 Å². The Hall–Kier alpha value is -1.94. The van der Waals surface area contributed by atoms with Gasteiger partial charge in [-0.3, -0.25) is 9.97 Å². The number of nitrogens with one attached hydrogen (secondary N) is 1. The number of hydrogen-bond acceptors (Lipinski definition) is 4. The number of nitrogens with zero attached hydrogens (tertiary/aromatic N) is 2. The SMILES string of the molecule is CCNC(c1cnccc1C)c1cnccc1N. The van der Waals surface area contributed by atoms with Crippen molar-refractivity contribution in [1.82, 2.24) is 15.3 Å². The van der Waals surface area contributed by atoms with Gasteiger partial charge in [0.2, 0.25) is 0 Å². The minimum atomic E-state index is 0.0393. The van der Waals surface area contributed by atoms with E-state index >= 15 is 0 Å². The molecule has 0 aliphatic heterocycles. The molecule has 94 valence electrons. The smallest absolute Gasteiger partial charge is 0.0630 e. The van der Waals surface area contributed by atoms with Gasteiger partial charge in [0.15, 0.2) is 0 Å². The van der Waals surface area contributed by atoms with Crippen LogP contribution >= 0.6 is 0 Å². The summed E-state index contributed by atoms with van der Waals surface area (Å²) in [5.74, 6) is 0. The highest BCUT2D eigenvalue weighted by Crippen LogP contribution is 2.27. The zero-order valence-corrected chi connectivity index (χ0v) is 10.7. The van der Waals surface area contributed by atoms with Crippen LogP contribution in [0.15, 0.2) is 36.9 Å². The normalized spacial score (nSPS) is 12.3. The fourth-order valence-electron chi connectivity index (χ4n) is 2.03. The van der Waals surface area contributed by atoms with E-state index in [9.17, 15) is 0 Å². The largest absolute Gasteiger partial charge is 0.398 e. The highest BCUT2D eigenvalue weighted by Gasteiger charge is 2.17. The van der Waals surface area contributed by atoms with Crippen molar-refractivity contribution in [2.75, 3.05) is 12.3 Å². The number of rotatable bonds is 4. The first-order chi connectivity index (χ1) is 8.74. The van der Waals surface area contributed by atoms with Crippen LogP contribution in [0.4, 0.5) is 5.69 Å². The number of hydrogen-bond donors (Lipinski definition) is 2. The molecule has 3 N–H and O–H groups in total. The van der Waals surface area contributed by atoms with E-state index in [-0.39, 0.29) is 6.04 Å². The average molecular weight is 242 g/mol. The molecule has 0 spiro atoms. The van der Waals surface area contributed by atoms with Gasteiger partial charge in [-0.25, -0.2) is 0 Å². The third-order valence-corrected chi connectivity index (χ3v) is 3.00. The molecular formula is C14H18N4. The lowest BCUT2D eigenvalue weighted by atomic mass is 9.97. The highest BCUT2D eigenvalue weighted by molar-refractivity contribution is 5.50. The lowest BCUT2D eigenvalue weighted by Gasteiger charge is -2.21. The Morgan fingerprint density at radius 2 is 1.83 bits per heavy atom. The third kappa shape index (κ3) is 2.49. The maximum atomic E-state index is 6.04. The Labute approximate surface area is 107 Å². The van der Waals surface area contributed by atoms with E-state index in [0.717, 1.165) is 23.4 Å². The van der Waals surface area contributed by atoms with Crippen LogP contribution in [-0.2, 0) is 0 Å². The number of anilines is 1. The van der Waals surface area contributed by atoms with Crippen molar-refractivity contribution in [3.05, 3.63) is 53.6 Å².